The molecule has 0 unspecified atom stereocenters. The van der Waals surface area contributed by atoms with Crippen LogP contribution in [-0.2, 0) is 6.42 Å². The van der Waals surface area contributed by atoms with Crippen LogP contribution >= 0.6 is 0 Å². The van der Waals surface area contributed by atoms with Gasteiger partial charge in [-0.3, -0.25) is 4.40 Å². The van der Waals surface area contributed by atoms with Gasteiger partial charge in [0.05, 0.1) is 0 Å². The number of aromatic nitrogens is 3. The lowest BCUT2D eigenvalue weighted by atomic mass is 10.1. The molecule has 0 aliphatic heterocycles. The fourth-order valence-corrected chi connectivity index (χ4v) is 1.98. The van der Waals surface area contributed by atoms with Gasteiger partial charge in [0, 0.05) is 18.3 Å². The summed E-state index contributed by atoms with van der Waals surface area (Å²) >= 11 is 0. The van der Waals surface area contributed by atoms with E-state index in [0.29, 0.717) is 0 Å². The van der Waals surface area contributed by atoms with E-state index >= 15 is 0 Å². The molecule has 0 amide bonds. The van der Waals surface area contributed by atoms with Gasteiger partial charge in [-0.2, -0.15) is 0 Å². The van der Waals surface area contributed by atoms with Crippen molar-refractivity contribution >= 4 is 11.3 Å². The normalized spacial score (nSPS) is 10.9. The molecule has 0 saturated heterocycles. The number of nitrogens with two attached hydrogens (primary N) is 1. The first kappa shape index (κ1) is 10.8. The number of hydrogen-bond donors (Lipinski definition) is 1. The molecule has 90 valence electrons. The lowest BCUT2D eigenvalue weighted by molar-refractivity contribution is 0.934. The number of benzene rings is 1. The molecule has 0 fully saturated rings. The van der Waals surface area contributed by atoms with E-state index in [1.807, 2.05) is 47.9 Å². The standard InChI is InChI=1S/C14H14N4/c1-10-6-7-18-13(8-10)16-17-14(18)9-11-2-4-12(15)5-3-11/h2-8H,9,15H2,1H3. The predicted octanol–water partition coefficient (Wildman–Crippen LogP) is 2.21. The van der Waals surface area contributed by atoms with Gasteiger partial charge in [0.2, 0.25) is 0 Å². The van der Waals surface area contributed by atoms with Gasteiger partial charge in [-0.15, -0.1) is 10.2 Å². The van der Waals surface area contributed by atoms with Gasteiger partial charge in [0.1, 0.15) is 5.82 Å². The van der Waals surface area contributed by atoms with Gasteiger partial charge in [-0.05, 0) is 42.3 Å². The molecule has 3 aromatic rings. The van der Waals surface area contributed by atoms with E-state index in [4.69, 9.17) is 5.73 Å². The summed E-state index contributed by atoms with van der Waals surface area (Å²) in [4.78, 5) is 0. The van der Waals surface area contributed by atoms with E-state index in [9.17, 15) is 0 Å². The summed E-state index contributed by atoms with van der Waals surface area (Å²) in [5, 5.41) is 8.42. The molecule has 4 nitrogen and oxygen atoms in total. The van der Waals surface area contributed by atoms with Gasteiger partial charge < -0.3 is 5.73 Å². The highest BCUT2D eigenvalue weighted by Crippen LogP contribution is 2.12. The number of anilines is 1. The number of nitrogen functional groups attached to an aromatic ring is 1. The van der Waals surface area contributed by atoms with Crippen LogP contribution in [0.4, 0.5) is 5.69 Å². The fraction of sp³-hybridized carbons (Fsp3) is 0.143. The molecule has 4 heteroatoms. The SMILES string of the molecule is Cc1ccn2c(Cc3ccc(N)cc3)nnc2c1. The molecule has 0 aliphatic rings. The van der Waals surface area contributed by atoms with Crippen LogP contribution < -0.4 is 5.73 Å². The minimum absolute atomic E-state index is 0.754. The Balaban J connectivity index is 1.97. The van der Waals surface area contributed by atoms with Gasteiger partial charge in [-0.1, -0.05) is 12.1 Å². The Hall–Kier alpha value is -2.36. The number of rotatable bonds is 2. The van der Waals surface area contributed by atoms with E-state index in [2.05, 4.69) is 16.3 Å². The molecule has 2 aromatic heterocycles. The molecule has 2 heterocycles. The van der Waals surface area contributed by atoms with Crippen molar-refractivity contribution in [2.24, 2.45) is 0 Å². The third-order valence-corrected chi connectivity index (χ3v) is 2.98. The minimum atomic E-state index is 0.754. The summed E-state index contributed by atoms with van der Waals surface area (Å²) in [7, 11) is 0. The second kappa shape index (κ2) is 4.14. The van der Waals surface area contributed by atoms with Crippen LogP contribution in [0.2, 0.25) is 0 Å². The Morgan fingerprint density at radius 2 is 1.89 bits per heavy atom. The molecule has 0 saturated carbocycles. The van der Waals surface area contributed by atoms with Crippen molar-refractivity contribution in [1.29, 1.82) is 0 Å². The van der Waals surface area contributed by atoms with Crippen LogP contribution in [0.15, 0.2) is 42.6 Å². The zero-order chi connectivity index (χ0) is 12.5. The average Bonchev–Trinajstić information content (AvgIpc) is 2.74. The molecule has 0 aliphatic carbocycles. The van der Waals surface area contributed by atoms with Crippen LogP contribution in [-0.4, -0.2) is 14.6 Å². The monoisotopic (exact) mass is 238 g/mol. The highest BCUT2D eigenvalue weighted by molar-refractivity contribution is 5.43. The number of aryl methyl sites for hydroxylation is 1. The Bertz CT molecular complexity index is 683. The van der Waals surface area contributed by atoms with Crippen LogP contribution in [0.3, 0.4) is 0 Å². The number of nitrogens with zero attached hydrogens (tertiary/aromatic N) is 3. The minimum Gasteiger partial charge on any atom is -0.399 e. The third-order valence-electron chi connectivity index (χ3n) is 2.98. The molecule has 0 spiro atoms. The summed E-state index contributed by atoms with van der Waals surface area (Å²) in [5.41, 5.74) is 9.71. The number of pyridine rings is 1. The first-order chi connectivity index (χ1) is 8.72. The van der Waals surface area contributed by atoms with Gasteiger partial charge in [0.15, 0.2) is 5.65 Å². The van der Waals surface area contributed by atoms with Gasteiger partial charge in [0.25, 0.3) is 0 Å². The van der Waals surface area contributed by atoms with E-state index in [-0.39, 0.29) is 0 Å². The van der Waals surface area contributed by atoms with E-state index < -0.39 is 0 Å². The zero-order valence-corrected chi connectivity index (χ0v) is 10.2. The molecule has 0 radical (unpaired) electrons. The fourth-order valence-electron chi connectivity index (χ4n) is 1.98. The maximum absolute atomic E-state index is 5.67. The molecule has 18 heavy (non-hydrogen) atoms. The average molecular weight is 238 g/mol. The highest BCUT2D eigenvalue weighted by Gasteiger charge is 2.06. The molecule has 2 N–H and O–H groups in total. The zero-order valence-electron chi connectivity index (χ0n) is 10.2. The van der Waals surface area contributed by atoms with Gasteiger partial charge >= 0.3 is 0 Å². The quantitative estimate of drug-likeness (QED) is 0.696. The predicted molar refractivity (Wildman–Crippen MR) is 71.4 cm³/mol. The van der Waals surface area contributed by atoms with Crippen molar-refractivity contribution in [2.45, 2.75) is 13.3 Å². The Morgan fingerprint density at radius 1 is 1.11 bits per heavy atom. The number of fused-ring (bicyclic) bond motifs is 1. The molecular weight excluding hydrogens is 224 g/mol. The van der Waals surface area contributed by atoms with E-state index in [1.54, 1.807) is 0 Å². The second-order valence-corrected chi connectivity index (χ2v) is 4.47. The summed E-state index contributed by atoms with van der Waals surface area (Å²) in [6.07, 6.45) is 2.77. The smallest absolute Gasteiger partial charge is 0.161 e. The Labute approximate surface area is 105 Å². The third kappa shape index (κ3) is 1.93. The van der Waals surface area contributed by atoms with Crippen molar-refractivity contribution in [3.8, 4) is 0 Å². The molecule has 3 rings (SSSR count). The highest BCUT2D eigenvalue weighted by atomic mass is 15.2. The van der Waals surface area contributed by atoms with E-state index in [1.165, 1.54) is 11.1 Å². The Morgan fingerprint density at radius 3 is 2.67 bits per heavy atom. The van der Waals surface area contributed by atoms with Crippen LogP contribution in [0.1, 0.15) is 17.0 Å². The lowest BCUT2D eigenvalue weighted by Gasteiger charge is -2.01. The topological polar surface area (TPSA) is 56.2 Å². The van der Waals surface area contributed by atoms with Crippen molar-refractivity contribution in [1.82, 2.24) is 14.6 Å². The summed E-state index contributed by atoms with van der Waals surface area (Å²) in [6, 6.07) is 11.9. The maximum atomic E-state index is 5.67. The van der Waals surface area contributed by atoms with Crippen molar-refractivity contribution in [3.63, 3.8) is 0 Å². The van der Waals surface area contributed by atoms with Crippen LogP contribution in [0.5, 0.6) is 0 Å². The van der Waals surface area contributed by atoms with Gasteiger partial charge in [-0.25, -0.2) is 0 Å². The first-order valence-electron chi connectivity index (χ1n) is 5.87. The largest absolute Gasteiger partial charge is 0.399 e. The Kier molecular flexibility index (Phi) is 2.48. The van der Waals surface area contributed by atoms with Crippen molar-refractivity contribution in [2.75, 3.05) is 5.73 Å². The first-order valence-corrected chi connectivity index (χ1v) is 5.87. The molecule has 1 aromatic carbocycles. The van der Waals surface area contributed by atoms with E-state index in [0.717, 1.165) is 23.6 Å². The molecular formula is C14H14N4. The molecule has 0 atom stereocenters. The van der Waals surface area contributed by atoms with Crippen molar-refractivity contribution < 1.29 is 0 Å². The van der Waals surface area contributed by atoms with Crippen LogP contribution in [0, 0.1) is 6.92 Å². The number of hydrogen-bond acceptors (Lipinski definition) is 3. The summed E-state index contributed by atoms with van der Waals surface area (Å²) in [6.45, 7) is 2.05. The second-order valence-electron chi connectivity index (χ2n) is 4.47. The summed E-state index contributed by atoms with van der Waals surface area (Å²) in [5.74, 6) is 0.940. The maximum Gasteiger partial charge on any atom is 0.161 e. The summed E-state index contributed by atoms with van der Waals surface area (Å²) < 4.78 is 2.02. The lowest BCUT2D eigenvalue weighted by Crippen LogP contribution is -1.96. The van der Waals surface area contributed by atoms with Crippen molar-refractivity contribution in [3.05, 3.63) is 59.5 Å². The molecule has 0 bridgehead atoms. The van der Waals surface area contributed by atoms with Crippen LogP contribution in [0.25, 0.3) is 5.65 Å².